The normalized spacial score (nSPS) is 31.2. The van der Waals surface area contributed by atoms with Crippen LogP contribution >= 0.6 is 0 Å². The smallest absolute Gasteiger partial charge is 0.313 e. The van der Waals surface area contributed by atoms with Gasteiger partial charge in [-0.1, -0.05) is 13.5 Å². The standard InChI is InChI=1S/C7H10O2/c1-3-9-7(8)6-4-5(6)2/h3,5-6H,1,4H2,2H3. The van der Waals surface area contributed by atoms with Crippen molar-refractivity contribution in [2.45, 2.75) is 13.3 Å². The fourth-order valence-electron chi connectivity index (χ4n) is 0.820. The van der Waals surface area contributed by atoms with Gasteiger partial charge in [0.25, 0.3) is 0 Å². The van der Waals surface area contributed by atoms with E-state index in [0.717, 1.165) is 6.42 Å². The van der Waals surface area contributed by atoms with Gasteiger partial charge in [-0.25, -0.2) is 0 Å². The Labute approximate surface area is 54.5 Å². The molecule has 0 aromatic heterocycles. The summed E-state index contributed by atoms with van der Waals surface area (Å²) in [4.78, 5) is 10.7. The first kappa shape index (κ1) is 6.33. The predicted molar refractivity (Wildman–Crippen MR) is 33.6 cm³/mol. The number of ether oxygens (including phenoxy) is 1. The van der Waals surface area contributed by atoms with Crippen LogP contribution in [-0.4, -0.2) is 5.97 Å². The van der Waals surface area contributed by atoms with Gasteiger partial charge in [0, 0.05) is 0 Å². The summed E-state index contributed by atoms with van der Waals surface area (Å²) in [7, 11) is 0. The van der Waals surface area contributed by atoms with Crippen LogP contribution in [-0.2, 0) is 9.53 Å². The minimum atomic E-state index is -0.127. The number of rotatable bonds is 2. The maximum absolute atomic E-state index is 10.7. The Morgan fingerprint density at radius 2 is 2.44 bits per heavy atom. The van der Waals surface area contributed by atoms with Crippen molar-refractivity contribution in [3.05, 3.63) is 12.8 Å². The van der Waals surface area contributed by atoms with E-state index in [0.29, 0.717) is 5.92 Å². The summed E-state index contributed by atoms with van der Waals surface area (Å²) in [6.45, 7) is 5.33. The highest BCUT2D eigenvalue weighted by Gasteiger charge is 2.40. The second kappa shape index (κ2) is 2.21. The summed E-state index contributed by atoms with van der Waals surface area (Å²) < 4.78 is 4.56. The Morgan fingerprint density at radius 3 is 2.78 bits per heavy atom. The SMILES string of the molecule is C=COC(=O)C1CC1C. The van der Waals surface area contributed by atoms with Gasteiger partial charge in [-0.05, 0) is 12.3 Å². The van der Waals surface area contributed by atoms with Gasteiger partial charge >= 0.3 is 5.97 Å². The van der Waals surface area contributed by atoms with E-state index in [4.69, 9.17) is 0 Å². The zero-order valence-corrected chi connectivity index (χ0v) is 5.46. The van der Waals surface area contributed by atoms with Crippen molar-refractivity contribution in [3.63, 3.8) is 0 Å². The third kappa shape index (κ3) is 1.31. The van der Waals surface area contributed by atoms with Crippen LogP contribution in [0.3, 0.4) is 0 Å². The molecular formula is C7H10O2. The Balaban J connectivity index is 2.27. The Bertz CT molecular complexity index is 140. The number of hydrogen-bond donors (Lipinski definition) is 0. The molecule has 2 atom stereocenters. The molecule has 0 N–H and O–H groups in total. The molecule has 2 heteroatoms. The Hall–Kier alpha value is -0.790. The molecule has 1 aliphatic carbocycles. The molecule has 2 unspecified atom stereocenters. The van der Waals surface area contributed by atoms with E-state index in [2.05, 4.69) is 11.3 Å². The highest BCUT2D eigenvalue weighted by atomic mass is 16.5. The van der Waals surface area contributed by atoms with Crippen LogP contribution in [0.2, 0.25) is 0 Å². The number of carbonyl (C=O) groups excluding carboxylic acids is 1. The molecule has 9 heavy (non-hydrogen) atoms. The second-order valence-electron chi connectivity index (χ2n) is 2.42. The Kier molecular flexibility index (Phi) is 1.56. The first-order valence-electron chi connectivity index (χ1n) is 3.07. The third-order valence-electron chi connectivity index (χ3n) is 1.61. The van der Waals surface area contributed by atoms with Crippen molar-refractivity contribution in [2.24, 2.45) is 11.8 Å². The van der Waals surface area contributed by atoms with E-state index in [1.54, 1.807) is 0 Å². The summed E-state index contributed by atoms with van der Waals surface area (Å²) >= 11 is 0. The summed E-state index contributed by atoms with van der Waals surface area (Å²) in [6, 6.07) is 0. The van der Waals surface area contributed by atoms with Gasteiger partial charge in [0.2, 0.25) is 0 Å². The minimum Gasteiger partial charge on any atom is -0.435 e. The van der Waals surface area contributed by atoms with E-state index in [1.807, 2.05) is 6.92 Å². The fraction of sp³-hybridized carbons (Fsp3) is 0.571. The molecule has 1 saturated carbocycles. The van der Waals surface area contributed by atoms with Crippen LogP contribution in [0.15, 0.2) is 12.8 Å². The topological polar surface area (TPSA) is 26.3 Å². The summed E-state index contributed by atoms with van der Waals surface area (Å²) in [5, 5.41) is 0. The third-order valence-corrected chi connectivity index (χ3v) is 1.61. The average molecular weight is 126 g/mol. The summed E-state index contributed by atoms with van der Waals surface area (Å²) in [5.74, 6) is 0.554. The monoisotopic (exact) mass is 126 g/mol. The van der Waals surface area contributed by atoms with Crippen LogP contribution in [0.1, 0.15) is 13.3 Å². The number of esters is 1. The summed E-state index contributed by atoms with van der Waals surface area (Å²) in [5.41, 5.74) is 0. The minimum absolute atomic E-state index is 0.127. The number of hydrogen-bond acceptors (Lipinski definition) is 2. The highest BCUT2D eigenvalue weighted by molar-refractivity contribution is 5.76. The van der Waals surface area contributed by atoms with E-state index in [1.165, 1.54) is 6.26 Å². The maximum atomic E-state index is 10.7. The van der Waals surface area contributed by atoms with Crippen LogP contribution in [0.5, 0.6) is 0 Å². The molecule has 0 bridgehead atoms. The van der Waals surface area contributed by atoms with Gasteiger partial charge < -0.3 is 4.74 Å². The molecule has 1 fully saturated rings. The second-order valence-corrected chi connectivity index (χ2v) is 2.42. The molecule has 0 spiro atoms. The zero-order valence-electron chi connectivity index (χ0n) is 5.46. The summed E-state index contributed by atoms with van der Waals surface area (Å²) in [6.07, 6.45) is 2.17. The molecule has 0 aromatic rings. The van der Waals surface area contributed by atoms with Crippen molar-refractivity contribution in [1.82, 2.24) is 0 Å². The molecule has 2 nitrogen and oxygen atoms in total. The maximum Gasteiger partial charge on any atom is 0.313 e. The van der Waals surface area contributed by atoms with Crippen LogP contribution in [0, 0.1) is 11.8 Å². The molecule has 50 valence electrons. The zero-order chi connectivity index (χ0) is 6.85. The van der Waals surface area contributed by atoms with E-state index >= 15 is 0 Å². The van der Waals surface area contributed by atoms with Crippen molar-refractivity contribution >= 4 is 5.97 Å². The van der Waals surface area contributed by atoms with Crippen LogP contribution in [0.4, 0.5) is 0 Å². The van der Waals surface area contributed by atoms with Crippen molar-refractivity contribution in [3.8, 4) is 0 Å². The first-order valence-corrected chi connectivity index (χ1v) is 3.07. The molecular weight excluding hydrogens is 116 g/mol. The molecule has 1 rings (SSSR count). The van der Waals surface area contributed by atoms with Gasteiger partial charge in [0.1, 0.15) is 0 Å². The first-order chi connectivity index (χ1) is 4.25. The lowest BCUT2D eigenvalue weighted by molar-refractivity contribution is -0.139. The number of carbonyl (C=O) groups is 1. The molecule has 0 radical (unpaired) electrons. The molecule has 1 aliphatic rings. The molecule has 0 aliphatic heterocycles. The average Bonchev–Trinajstić information content (AvgIpc) is 2.47. The Morgan fingerprint density at radius 1 is 1.89 bits per heavy atom. The van der Waals surface area contributed by atoms with Gasteiger partial charge in [0.15, 0.2) is 0 Å². The fourth-order valence-corrected chi connectivity index (χ4v) is 0.820. The van der Waals surface area contributed by atoms with E-state index < -0.39 is 0 Å². The van der Waals surface area contributed by atoms with Crippen LogP contribution in [0.25, 0.3) is 0 Å². The quantitative estimate of drug-likeness (QED) is 0.412. The molecule has 0 aromatic carbocycles. The van der Waals surface area contributed by atoms with Crippen molar-refractivity contribution in [2.75, 3.05) is 0 Å². The molecule has 0 amide bonds. The van der Waals surface area contributed by atoms with Crippen molar-refractivity contribution in [1.29, 1.82) is 0 Å². The van der Waals surface area contributed by atoms with Crippen LogP contribution < -0.4 is 0 Å². The van der Waals surface area contributed by atoms with Gasteiger partial charge in [-0.2, -0.15) is 0 Å². The highest BCUT2D eigenvalue weighted by Crippen LogP contribution is 2.38. The molecule has 0 saturated heterocycles. The lowest BCUT2D eigenvalue weighted by Gasteiger charge is -1.92. The van der Waals surface area contributed by atoms with Gasteiger partial charge in [-0.15, -0.1) is 0 Å². The lowest BCUT2D eigenvalue weighted by atomic mass is 10.3. The van der Waals surface area contributed by atoms with Gasteiger partial charge in [-0.3, -0.25) is 4.79 Å². The van der Waals surface area contributed by atoms with E-state index in [-0.39, 0.29) is 11.9 Å². The predicted octanol–water partition coefficient (Wildman–Crippen LogP) is 1.33. The lowest BCUT2D eigenvalue weighted by Crippen LogP contribution is -2.02. The van der Waals surface area contributed by atoms with E-state index in [9.17, 15) is 4.79 Å². The van der Waals surface area contributed by atoms with Gasteiger partial charge in [0.05, 0.1) is 12.2 Å². The molecule has 0 heterocycles. The van der Waals surface area contributed by atoms with Crippen molar-refractivity contribution < 1.29 is 9.53 Å². The largest absolute Gasteiger partial charge is 0.435 e.